The molecule has 0 fully saturated rings. The average Bonchev–Trinajstić information content (AvgIpc) is 3.18. The molecule has 6 nitrogen and oxygen atoms in total. The van der Waals surface area contributed by atoms with Crippen LogP contribution < -0.4 is 14.4 Å². The topological polar surface area (TPSA) is 78.7 Å². The zero-order valence-corrected chi connectivity index (χ0v) is 14.6. The van der Waals surface area contributed by atoms with Crippen molar-refractivity contribution in [3.63, 3.8) is 0 Å². The second-order valence-corrected chi connectivity index (χ2v) is 6.15. The highest BCUT2D eigenvalue weighted by atomic mass is 32.1. The lowest BCUT2D eigenvalue weighted by molar-refractivity contribution is 0.355. The molecule has 0 spiro atoms. The molecule has 24 heavy (non-hydrogen) atoms. The van der Waals surface area contributed by atoms with Crippen LogP contribution in [0.1, 0.15) is 17.6 Å². The molecule has 1 aliphatic rings. The zero-order valence-electron chi connectivity index (χ0n) is 13.8. The Hall–Kier alpha value is -2.54. The van der Waals surface area contributed by atoms with Crippen LogP contribution >= 0.6 is 11.3 Å². The predicted molar refractivity (Wildman–Crippen MR) is 95.7 cm³/mol. The van der Waals surface area contributed by atoms with Crippen molar-refractivity contribution in [2.75, 3.05) is 25.7 Å². The number of thiazole rings is 1. The van der Waals surface area contributed by atoms with Crippen LogP contribution in [-0.2, 0) is 6.42 Å². The number of aryl methyl sites for hydroxylation is 1. The summed E-state index contributed by atoms with van der Waals surface area (Å²) in [6.07, 6.45) is 0.831. The minimum Gasteiger partial charge on any atom is -0.510 e. The minimum absolute atomic E-state index is 0.159. The smallest absolute Gasteiger partial charge is 0.162 e. The first-order valence-electron chi connectivity index (χ1n) is 7.54. The van der Waals surface area contributed by atoms with Crippen LogP contribution in [0, 0.1) is 5.41 Å². The third-order valence-corrected chi connectivity index (χ3v) is 4.82. The zero-order chi connectivity index (χ0) is 17.3. The SMILES string of the molecule is CCc1csc(C2=C(O)CN(c3ccc(OC)c(OC)c3)C2=N)n1. The van der Waals surface area contributed by atoms with E-state index in [2.05, 4.69) is 4.98 Å². The van der Waals surface area contributed by atoms with E-state index >= 15 is 0 Å². The third kappa shape index (κ3) is 2.71. The maximum atomic E-state index is 10.4. The number of nitrogens with zero attached hydrogens (tertiary/aromatic N) is 2. The molecule has 0 bridgehead atoms. The van der Waals surface area contributed by atoms with E-state index in [0.29, 0.717) is 22.1 Å². The molecule has 0 saturated heterocycles. The molecule has 1 aromatic heterocycles. The molecule has 2 N–H and O–H groups in total. The van der Waals surface area contributed by atoms with E-state index in [4.69, 9.17) is 14.9 Å². The van der Waals surface area contributed by atoms with E-state index in [0.717, 1.165) is 17.8 Å². The predicted octanol–water partition coefficient (Wildman–Crippen LogP) is 3.49. The lowest BCUT2D eigenvalue weighted by atomic mass is 10.2. The minimum atomic E-state index is 0.159. The van der Waals surface area contributed by atoms with Gasteiger partial charge in [-0.25, -0.2) is 4.98 Å². The van der Waals surface area contributed by atoms with Gasteiger partial charge in [0.1, 0.15) is 16.6 Å². The van der Waals surface area contributed by atoms with E-state index in [-0.39, 0.29) is 18.1 Å². The van der Waals surface area contributed by atoms with E-state index in [1.54, 1.807) is 31.3 Å². The second-order valence-electron chi connectivity index (χ2n) is 5.29. The van der Waals surface area contributed by atoms with Crippen LogP contribution in [-0.4, -0.2) is 36.7 Å². The summed E-state index contributed by atoms with van der Waals surface area (Å²) in [7, 11) is 3.15. The molecular formula is C17H19N3O3S. The first-order chi connectivity index (χ1) is 11.6. The van der Waals surface area contributed by atoms with E-state index in [1.807, 2.05) is 18.4 Å². The summed E-state index contributed by atoms with van der Waals surface area (Å²) in [5.74, 6) is 1.60. The van der Waals surface area contributed by atoms with Crippen molar-refractivity contribution in [1.82, 2.24) is 4.98 Å². The number of hydrogen-bond donors (Lipinski definition) is 2. The molecule has 2 aromatic rings. The lowest BCUT2D eigenvalue weighted by Gasteiger charge is -2.20. The lowest BCUT2D eigenvalue weighted by Crippen LogP contribution is -2.26. The van der Waals surface area contributed by atoms with Crippen molar-refractivity contribution in [3.8, 4) is 11.5 Å². The number of nitrogens with one attached hydrogen (secondary N) is 1. The van der Waals surface area contributed by atoms with Crippen LogP contribution in [0.25, 0.3) is 5.57 Å². The molecule has 3 rings (SSSR count). The molecule has 0 unspecified atom stereocenters. The van der Waals surface area contributed by atoms with E-state index in [1.165, 1.54) is 11.3 Å². The van der Waals surface area contributed by atoms with Crippen LogP contribution in [0.3, 0.4) is 0 Å². The highest BCUT2D eigenvalue weighted by molar-refractivity contribution is 7.11. The van der Waals surface area contributed by atoms with Gasteiger partial charge in [0.2, 0.25) is 0 Å². The maximum Gasteiger partial charge on any atom is 0.162 e. The molecule has 2 heterocycles. The molecule has 126 valence electrons. The summed E-state index contributed by atoms with van der Waals surface area (Å²) in [6.45, 7) is 2.27. The maximum absolute atomic E-state index is 10.4. The van der Waals surface area contributed by atoms with Gasteiger partial charge in [0.25, 0.3) is 0 Å². The number of methoxy groups -OCH3 is 2. The summed E-state index contributed by atoms with van der Waals surface area (Å²) in [4.78, 5) is 6.21. The van der Waals surface area contributed by atoms with Gasteiger partial charge in [0, 0.05) is 17.1 Å². The van der Waals surface area contributed by atoms with Gasteiger partial charge in [-0.15, -0.1) is 11.3 Å². The van der Waals surface area contributed by atoms with Crippen molar-refractivity contribution < 1.29 is 14.6 Å². The molecule has 0 amide bonds. The van der Waals surface area contributed by atoms with Crippen LogP contribution in [0.15, 0.2) is 29.3 Å². The van der Waals surface area contributed by atoms with E-state index in [9.17, 15) is 5.11 Å². The van der Waals surface area contributed by atoms with Gasteiger partial charge in [-0.2, -0.15) is 0 Å². The Labute approximate surface area is 144 Å². The van der Waals surface area contributed by atoms with Gasteiger partial charge in [0.15, 0.2) is 11.5 Å². The third-order valence-electron chi connectivity index (χ3n) is 3.91. The summed E-state index contributed by atoms with van der Waals surface area (Å²) < 4.78 is 10.6. The van der Waals surface area contributed by atoms with Crippen LogP contribution in [0.4, 0.5) is 5.69 Å². The Balaban J connectivity index is 1.92. The summed E-state index contributed by atoms with van der Waals surface area (Å²) in [5, 5.41) is 21.5. The summed E-state index contributed by atoms with van der Waals surface area (Å²) in [6, 6.07) is 5.42. The largest absolute Gasteiger partial charge is 0.510 e. The van der Waals surface area contributed by atoms with Crippen LogP contribution in [0.5, 0.6) is 11.5 Å². The van der Waals surface area contributed by atoms with Crippen molar-refractivity contribution in [1.29, 1.82) is 5.41 Å². The van der Waals surface area contributed by atoms with E-state index < -0.39 is 0 Å². The molecule has 1 aromatic carbocycles. The summed E-state index contributed by atoms with van der Waals surface area (Å²) in [5.41, 5.74) is 2.22. The molecule has 0 atom stereocenters. The molecule has 0 saturated carbocycles. The monoisotopic (exact) mass is 345 g/mol. The first kappa shape index (κ1) is 16.3. The highest BCUT2D eigenvalue weighted by Gasteiger charge is 2.31. The fourth-order valence-electron chi connectivity index (χ4n) is 2.60. The first-order valence-corrected chi connectivity index (χ1v) is 8.42. The van der Waals surface area contributed by atoms with Gasteiger partial charge >= 0.3 is 0 Å². The molecular weight excluding hydrogens is 326 g/mol. The Morgan fingerprint density at radius 2 is 2.04 bits per heavy atom. The number of hydrogen-bond acceptors (Lipinski definition) is 6. The second kappa shape index (κ2) is 6.52. The normalized spacial score (nSPS) is 14.5. The van der Waals surface area contributed by atoms with Crippen molar-refractivity contribution in [3.05, 3.63) is 40.0 Å². The van der Waals surface area contributed by atoms with Crippen molar-refractivity contribution >= 4 is 28.4 Å². The van der Waals surface area contributed by atoms with Gasteiger partial charge in [-0.05, 0) is 18.6 Å². The van der Waals surface area contributed by atoms with Gasteiger partial charge in [-0.1, -0.05) is 6.92 Å². The highest BCUT2D eigenvalue weighted by Crippen LogP contribution is 2.36. The number of aromatic nitrogens is 1. The number of amidine groups is 1. The quantitative estimate of drug-likeness (QED) is 0.867. The van der Waals surface area contributed by atoms with Crippen molar-refractivity contribution in [2.24, 2.45) is 0 Å². The Morgan fingerprint density at radius 1 is 1.29 bits per heavy atom. The Bertz CT molecular complexity index is 813. The fourth-order valence-corrected chi connectivity index (χ4v) is 3.57. The molecule has 0 radical (unpaired) electrons. The van der Waals surface area contributed by atoms with Gasteiger partial charge in [-0.3, -0.25) is 5.41 Å². The Kier molecular flexibility index (Phi) is 4.44. The van der Waals surface area contributed by atoms with Crippen molar-refractivity contribution in [2.45, 2.75) is 13.3 Å². The number of benzene rings is 1. The summed E-state index contributed by atoms with van der Waals surface area (Å²) >= 11 is 1.45. The van der Waals surface area contributed by atoms with Gasteiger partial charge < -0.3 is 19.5 Å². The fraction of sp³-hybridized carbons (Fsp3) is 0.294. The number of ether oxygens (including phenoxy) is 2. The molecule has 7 heteroatoms. The molecule has 1 aliphatic heterocycles. The standard InChI is InChI=1S/C17H19N3O3S/c1-4-10-9-24-17(19-10)15-12(21)8-20(16(15)18)11-5-6-13(22-2)14(7-11)23-3/h5-7,9,18,21H,4,8H2,1-3H3. The van der Waals surface area contributed by atoms with Crippen LogP contribution in [0.2, 0.25) is 0 Å². The Morgan fingerprint density at radius 3 is 2.67 bits per heavy atom. The number of anilines is 1. The average molecular weight is 345 g/mol. The number of aliphatic hydroxyl groups is 1. The number of aliphatic hydroxyl groups excluding tert-OH is 1. The number of rotatable bonds is 5. The molecule has 0 aliphatic carbocycles. The van der Waals surface area contributed by atoms with Gasteiger partial charge in [0.05, 0.1) is 32.0 Å².